The van der Waals surface area contributed by atoms with Gasteiger partial charge in [-0.15, -0.1) is 0 Å². The minimum absolute atomic E-state index is 0.0241. The average Bonchev–Trinajstić information content (AvgIpc) is 2.53. The first-order valence-electron chi connectivity index (χ1n) is 7.66. The second-order valence-corrected chi connectivity index (χ2v) is 7.77. The number of nitrogens with zero attached hydrogens (tertiary/aromatic N) is 2. The average molecular weight is 321 g/mol. The quantitative estimate of drug-likeness (QED) is 0.865. The number of rotatable bonds is 6. The van der Waals surface area contributed by atoms with Gasteiger partial charge in [0.15, 0.2) is 0 Å². The Morgan fingerprint density at radius 3 is 2.73 bits per heavy atom. The lowest BCUT2D eigenvalue weighted by Gasteiger charge is -2.31. The molecule has 5 nitrogen and oxygen atoms in total. The summed E-state index contributed by atoms with van der Waals surface area (Å²) in [6.45, 7) is 2.20. The van der Waals surface area contributed by atoms with Crippen molar-refractivity contribution in [1.82, 2.24) is 9.62 Å². The summed E-state index contributed by atoms with van der Waals surface area (Å²) >= 11 is 0. The summed E-state index contributed by atoms with van der Waals surface area (Å²) in [5.74, 6) is 0.588. The molecule has 1 heterocycles. The van der Waals surface area contributed by atoms with Crippen molar-refractivity contribution < 1.29 is 8.42 Å². The van der Waals surface area contributed by atoms with E-state index in [1.165, 1.54) is 0 Å². The van der Waals surface area contributed by atoms with Gasteiger partial charge in [0.25, 0.3) is 0 Å². The lowest BCUT2D eigenvalue weighted by Crippen LogP contribution is -2.39. The van der Waals surface area contributed by atoms with E-state index in [0.717, 1.165) is 25.8 Å². The van der Waals surface area contributed by atoms with Gasteiger partial charge in [0, 0.05) is 13.1 Å². The summed E-state index contributed by atoms with van der Waals surface area (Å²) in [5, 5.41) is 12.0. The van der Waals surface area contributed by atoms with Gasteiger partial charge in [-0.3, -0.25) is 0 Å². The molecule has 2 rings (SSSR count). The van der Waals surface area contributed by atoms with Crippen LogP contribution in [0.5, 0.6) is 0 Å². The SMILES string of the molecule is CNCCC1CCN(S(=O)(=O)Cc2cccc(C#N)c2)CC1. The van der Waals surface area contributed by atoms with Crippen LogP contribution in [0.15, 0.2) is 24.3 Å². The van der Waals surface area contributed by atoms with Crippen LogP contribution >= 0.6 is 0 Å². The van der Waals surface area contributed by atoms with E-state index >= 15 is 0 Å². The van der Waals surface area contributed by atoms with Gasteiger partial charge in [-0.2, -0.15) is 5.26 Å². The molecule has 6 heteroatoms. The number of nitrogens with one attached hydrogen (secondary N) is 1. The zero-order chi connectivity index (χ0) is 16.0. The van der Waals surface area contributed by atoms with Gasteiger partial charge < -0.3 is 5.32 Å². The Balaban J connectivity index is 1.95. The maximum Gasteiger partial charge on any atom is 0.218 e. The third-order valence-electron chi connectivity index (χ3n) is 4.17. The highest BCUT2D eigenvalue weighted by Crippen LogP contribution is 2.23. The lowest BCUT2D eigenvalue weighted by molar-refractivity contribution is 0.263. The van der Waals surface area contributed by atoms with Crippen LogP contribution in [-0.4, -0.2) is 39.4 Å². The van der Waals surface area contributed by atoms with Gasteiger partial charge in [0.1, 0.15) is 0 Å². The zero-order valence-electron chi connectivity index (χ0n) is 13.0. The minimum Gasteiger partial charge on any atom is -0.320 e. The molecule has 0 spiro atoms. The molecule has 1 aromatic carbocycles. The molecule has 1 saturated heterocycles. The van der Waals surface area contributed by atoms with E-state index in [-0.39, 0.29) is 5.75 Å². The third kappa shape index (κ3) is 4.54. The molecular weight excluding hydrogens is 298 g/mol. The highest BCUT2D eigenvalue weighted by atomic mass is 32.2. The van der Waals surface area contributed by atoms with Gasteiger partial charge in [-0.25, -0.2) is 12.7 Å². The van der Waals surface area contributed by atoms with Crippen LogP contribution < -0.4 is 5.32 Å². The lowest BCUT2D eigenvalue weighted by atomic mass is 9.95. The van der Waals surface area contributed by atoms with Crippen molar-refractivity contribution in [2.45, 2.75) is 25.0 Å². The second-order valence-electron chi connectivity index (χ2n) is 5.80. The van der Waals surface area contributed by atoms with Gasteiger partial charge in [0.05, 0.1) is 17.4 Å². The van der Waals surface area contributed by atoms with E-state index < -0.39 is 10.0 Å². The van der Waals surface area contributed by atoms with E-state index in [1.807, 2.05) is 13.1 Å². The number of sulfonamides is 1. The highest BCUT2D eigenvalue weighted by Gasteiger charge is 2.27. The Morgan fingerprint density at radius 1 is 1.36 bits per heavy atom. The Labute approximate surface area is 133 Å². The molecule has 22 heavy (non-hydrogen) atoms. The fourth-order valence-electron chi connectivity index (χ4n) is 2.86. The van der Waals surface area contributed by atoms with Crippen molar-refractivity contribution in [3.63, 3.8) is 0 Å². The molecule has 1 N–H and O–H groups in total. The van der Waals surface area contributed by atoms with E-state index in [4.69, 9.17) is 5.26 Å². The molecule has 0 aromatic heterocycles. The molecule has 1 aliphatic heterocycles. The van der Waals surface area contributed by atoms with E-state index in [0.29, 0.717) is 30.1 Å². The smallest absolute Gasteiger partial charge is 0.218 e. The minimum atomic E-state index is -3.30. The summed E-state index contributed by atoms with van der Waals surface area (Å²) in [7, 11) is -1.36. The first-order valence-corrected chi connectivity index (χ1v) is 9.27. The van der Waals surface area contributed by atoms with Crippen LogP contribution in [0, 0.1) is 17.2 Å². The van der Waals surface area contributed by atoms with Crippen LogP contribution in [0.4, 0.5) is 0 Å². The molecule has 0 radical (unpaired) electrons. The van der Waals surface area contributed by atoms with Gasteiger partial charge in [-0.1, -0.05) is 12.1 Å². The van der Waals surface area contributed by atoms with Crippen LogP contribution in [-0.2, 0) is 15.8 Å². The van der Waals surface area contributed by atoms with Crippen LogP contribution in [0.2, 0.25) is 0 Å². The molecule has 0 amide bonds. The Bertz CT molecular complexity index is 629. The van der Waals surface area contributed by atoms with E-state index in [9.17, 15) is 8.42 Å². The van der Waals surface area contributed by atoms with Crippen molar-refractivity contribution in [3.8, 4) is 6.07 Å². The summed E-state index contributed by atoms with van der Waals surface area (Å²) in [5.41, 5.74) is 1.18. The van der Waals surface area contributed by atoms with E-state index in [1.54, 1.807) is 28.6 Å². The predicted octanol–water partition coefficient (Wildman–Crippen LogP) is 1.71. The first-order chi connectivity index (χ1) is 10.5. The van der Waals surface area contributed by atoms with Crippen LogP contribution in [0.25, 0.3) is 0 Å². The fraction of sp³-hybridized carbons (Fsp3) is 0.562. The second kappa shape index (κ2) is 7.73. The number of piperidine rings is 1. The molecule has 0 bridgehead atoms. The molecule has 0 atom stereocenters. The Morgan fingerprint density at radius 2 is 2.09 bits per heavy atom. The summed E-state index contributed by atoms with van der Waals surface area (Å²) in [4.78, 5) is 0. The van der Waals surface area contributed by atoms with Crippen LogP contribution in [0.1, 0.15) is 30.4 Å². The molecule has 1 aliphatic rings. The fourth-order valence-corrected chi connectivity index (χ4v) is 4.41. The van der Waals surface area contributed by atoms with Gasteiger partial charge >= 0.3 is 0 Å². The summed E-state index contributed by atoms with van der Waals surface area (Å²) < 4.78 is 26.6. The maximum absolute atomic E-state index is 12.5. The number of hydrogen-bond acceptors (Lipinski definition) is 4. The van der Waals surface area contributed by atoms with Crippen molar-refractivity contribution in [3.05, 3.63) is 35.4 Å². The predicted molar refractivity (Wildman–Crippen MR) is 86.6 cm³/mol. The molecule has 1 fully saturated rings. The molecular formula is C16H23N3O2S. The normalized spacial score (nSPS) is 17.3. The van der Waals surface area contributed by atoms with E-state index in [2.05, 4.69) is 5.32 Å². The highest BCUT2D eigenvalue weighted by molar-refractivity contribution is 7.88. The largest absolute Gasteiger partial charge is 0.320 e. The number of benzene rings is 1. The summed E-state index contributed by atoms with van der Waals surface area (Å²) in [6.07, 6.45) is 2.97. The third-order valence-corrected chi connectivity index (χ3v) is 6.02. The van der Waals surface area contributed by atoms with Gasteiger partial charge in [-0.05, 0) is 56.5 Å². The standard InChI is InChI=1S/C16H23N3O2S/c1-18-8-5-14-6-9-19(10-7-14)22(20,21)13-16-4-2-3-15(11-16)12-17/h2-4,11,14,18H,5-10,13H2,1H3. The molecule has 0 aliphatic carbocycles. The molecule has 120 valence electrons. The Kier molecular flexibility index (Phi) is 5.95. The van der Waals surface area contributed by atoms with Crippen molar-refractivity contribution in [1.29, 1.82) is 5.26 Å². The van der Waals surface area contributed by atoms with Crippen molar-refractivity contribution >= 4 is 10.0 Å². The number of hydrogen-bond donors (Lipinski definition) is 1. The molecule has 1 aromatic rings. The van der Waals surface area contributed by atoms with Crippen molar-refractivity contribution in [2.24, 2.45) is 5.92 Å². The summed E-state index contributed by atoms with van der Waals surface area (Å²) in [6, 6.07) is 8.87. The monoisotopic (exact) mass is 321 g/mol. The Hall–Kier alpha value is -1.42. The zero-order valence-corrected chi connectivity index (χ0v) is 13.8. The van der Waals surface area contributed by atoms with Gasteiger partial charge in [0.2, 0.25) is 10.0 Å². The maximum atomic E-state index is 12.5. The first kappa shape index (κ1) is 16.9. The topological polar surface area (TPSA) is 73.2 Å². The number of nitriles is 1. The molecule has 0 unspecified atom stereocenters. The van der Waals surface area contributed by atoms with Crippen LogP contribution in [0.3, 0.4) is 0 Å². The van der Waals surface area contributed by atoms with Crippen molar-refractivity contribution in [2.75, 3.05) is 26.7 Å². The molecule has 0 saturated carbocycles.